The molecule has 0 fully saturated rings. The van der Waals surface area contributed by atoms with Crippen molar-refractivity contribution in [3.05, 3.63) is 47.8 Å². The van der Waals surface area contributed by atoms with Gasteiger partial charge >= 0.3 is 0 Å². The van der Waals surface area contributed by atoms with Crippen LogP contribution in [-0.4, -0.2) is 7.11 Å². The quantitative estimate of drug-likeness (QED) is 0.844. The number of benzene rings is 2. The molecule has 2 aromatic carbocycles. The van der Waals surface area contributed by atoms with Gasteiger partial charge in [0.15, 0.2) is 11.6 Å². The minimum Gasteiger partial charge on any atom is -0.494 e. The van der Waals surface area contributed by atoms with Crippen molar-refractivity contribution < 1.29 is 13.9 Å². The van der Waals surface area contributed by atoms with Gasteiger partial charge in [-0.2, -0.15) is 0 Å². The van der Waals surface area contributed by atoms with Gasteiger partial charge in [-0.3, -0.25) is 0 Å². The van der Waals surface area contributed by atoms with E-state index in [0.717, 1.165) is 5.56 Å². The minimum absolute atomic E-state index is 0.0879. The summed E-state index contributed by atoms with van der Waals surface area (Å²) in [6.07, 6.45) is 0. The normalized spacial score (nSPS) is 10.2. The zero-order chi connectivity index (χ0) is 13.1. The Hall–Kier alpha value is -2.23. The molecule has 0 spiro atoms. The van der Waals surface area contributed by atoms with E-state index in [1.54, 1.807) is 12.1 Å². The van der Waals surface area contributed by atoms with Crippen molar-refractivity contribution in [2.75, 3.05) is 12.8 Å². The maximum atomic E-state index is 13.7. The highest BCUT2D eigenvalue weighted by molar-refractivity contribution is 5.56. The van der Waals surface area contributed by atoms with Crippen LogP contribution in [0.1, 0.15) is 5.56 Å². The molecule has 0 radical (unpaired) electrons. The van der Waals surface area contributed by atoms with Gasteiger partial charge in [0, 0.05) is 12.1 Å². The van der Waals surface area contributed by atoms with Gasteiger partial charge in [0.2, 0.25) is 0 Å². The average Bonchev–Trinajstić information content (AvgIpc) is 2.35. The van der Waals surface area contributed by atoms with Crippen molar-refractivity contribution in [3.8, 4) is 17.2 Å². The Morgan fingerprint density at radius 1 is 1.06 bits per heavy atom. The van der Waals surface area contributed by atoms with Crippen molar-refractivity contribution in [1.82, 2.24) is 0 Å². The first-order valence-corrected chi connectivity index (χ1v) is 5.47. The molecule has 0 aromatic heterocycles. The van der Waals surface area contributed by atoms with Crippen LogP contribution in [-0.2, 0) is 0 Å². The third kappa shape index (κ3) is 2.53. The van der Waals surface area contributed by atoms with Crippen LogP contribution < -0.4 is 15.2 Å². The fourth-order valence-electron chi connectivity index (χ4n) is 1.54. The molecule has 0 amide bonds. The topological polar surface area (TPSA) is 44.5 Å². The molecule has 0 heterocycles. The maximum absolute atomic E-state index is 13.7. The molecule has 3 nitrogen and oxygen atoms in total. The third-order valence-electron chi connectivity index (χ3n) is 2.53. The molecule has 0 aliphatic heterocycles. The van der Waals surface area contributed by atoms with Gasteiger partial charge < -0.3 is 15.2 Å². The van der Waals surface area contributed by atoms with E-state index in [4.69, 9.17) is 15.2 Å². The van der Waals surface area contributed by atoms with Crippen molar-refractivity contribution in [1.29, 1.82) is 0 Å². The number of methoxy groups -OCH3 is 1. The van der Waals surface area contributed by atoms with Crippen molar-refractivity contribution in [2.24, 2.45) is 0 Å². The minimum atomic E-state index is -0.520. The molecule has 0 aliphatic rings. The number of halogens is 1. The average molecular weight is 247 g/mol. The van der Waals surface area contributed by atoms with Gasteiger partial charge in [-0.25, -0.2) is 4.39 Å². The number of aryl methyl sites for hydroxylation is 1. The summed E-state index contributed by atoms with van der Waals surface area (Å²) in [6.45, 7) is 1.97. The van der Waals surface area contributed by atoms with Crippen molar-refractivity contribution >= 4 is 5.69 Å². The predicted octanol–water partition coefficient (Wildman–Crippen LogP) is 3.52. The smallest absolute Gasteiger partial charge is 0.168 e. The molecule has 0 saturated carbocycles. The van der Waals surface area contributed by atoms with E-state index in [0.29, 0.717) is 11.5 Å². The van der Waals surface area contributed by atoms with E-state index in [9.17, 15) is 4.39 Å². The van der Waals surface area contributed by atoms with E-state index < -0.39 is 5.82 Å². The Balaban J connectivity index is 2.31. The summed E-state index contributed by atoms with van der Waals surface area (Å²) in [5, 5.41) is 0. The number of nitrogen functional groups attached to an aromatic ring is 1. The fraction of sp³-hybridized carbons (Fsp3) is 0.143. The Morgan fingerprint density at radius 2 is 1.72 bits per heavy atom. The molecule has 94 valence electrons. The maximum Gasteiger partial charge on any atom is 0.168 e. The van der Waals surface area contributed by atoms with Gasteiger partial charge in [-0.15, -0.1) is 0 Å². The van der Waals surface area contributed by atoms with Crippen LogP contribution in [0.25, 0.3) is 0 Å². The zero-order valence-electron chi connectivity index (χ0n) is 10.2. The summed E-state index contributed by atoms with van der Waals surface area (Å²) >= 11 is 0. The molecule has 2 N–H and O–H groups in total. The second-order valence-electron chi connectivity index (χ2n) is 3.94. The number of rotatable bonds is 3. The van der Waals surface area contributed by atoms with Crippen LogP contribution in [0.4, 0.5) is 10.1 Å². The highest BCUT2D eigenvalue weighted by Gasteiger charge is 2.10. The van der Waals surface area contributed by atoms with Gasteiger partial charge in [0.05, 0.1) is 12.8 Å². The largest absolute Gasteiger partial charge is 0.494 e. The molecular weight excluding hydrogens is 233 g/mol. The van der Waals surface area contributed by atoms with Crippen molar-refractivity contribution in [2.45, 2.75) is 6.92 Å². The lowest BCUT2D eigenvalue weighted by atomic mass is 10.2. The lowest BCUT2D eigenvalue weighted by Gasteiger charge is -2.10. The molecule has 2 aromatic rings. The number of nitrogens with two attached hydrogens (primary N) is 1. The summed E-state index contributed by atoms with van der Waals surface area (Å²) in [6, 6.07) is 9.95. The highest BCUT2D eigenvalue weighted by atomic mass is 19.1. The van der Waals surface area contributed by atoms with E-state index in [1.807, 2.05) is 19.1 Å². The summed E-state index contributed by atoms with van der Waals surface area (Å²) in [7, 11) is 1.47. The molecule has 0 bridgehead atoms. The lowest BCUT2D eigenvalue weighted by Crippen LogP contribution is -1.96. The van der Waals surface area contributed by atoms with Crippen LogP contribution in [0.5, 0.6) is 17.2 Å². The second kappa shape index (κ2) is 4.96. The molecule has 4 heteroatoms. The molecule has 0 unspecified atom stereocenters. The number of anilines is 1. The van der Waals surface area contributed by atoms with Crippen LogP contribution in [0.3, 0.4) is 0 Å². The summed E-state index contributed by atoms with van der Waals surface area (Å²) in [5.74, 6) is 0.517. The number of hydrogen-bond donors (Lipinski definition) is 1. The molecule has 0 atom stereocenters. The Morgan fingerprint density at radius 3 is 2.33 bits per heavy atom. The Labute approximate surface area is 105 Å². The molecule has 0 saturated heterocycles. The third-order valence-corrected chi connectivity index (χ3v) is 2.53. The van der Waals surface area contributed by atoms with Gasteiger partial charge in [-0.05, 0) is 19.1 Å². The Bertz CT molecular complexity index is 552. The zero-order valence-corrected chi connectivity index (χ0v) is 10.2. The standard InChI is InChI=1S/C14H14FNO2/c1-9-3-5-10(6-4-9)18-13-8-14(17-2)12(16)7-11(13)15/h3-8H,16H2,1-2H3. The molecule has 18 heavy (non-hydrogen) atoms. The van der Waals surface area contributed by atoms with E-state index in [1.165, 1.54) is 19.2 Å². The SMILES string of the molecule is COc1cc(Oc2ccc(C)cc2)c(F)cc1N. The molecule has 2 rings (SSSR count). The van der Waals surface area contributed by atoms with E-state index >= 15 is 0 Å². The Kier molecular flexibility index (Phi) is 3.37. The summed E-state index contributed by atoms with van der Waals surface area (Å²) in [4.78, 5) is 0. The molecule has 0 aliphatic carbocycles. The number of hydrogen-bond acceptors (Lipinski definition) is 3. The van der Waals surface area contributed by atoms with Gasteiger partial charge in [-0.1, -0.05) is 17.7 Å². The van der Waals surface area contributed by atoms with E-state index in [2.05, 4.69) is 0 Å². The van der Waals surface area contributed by atoms with Crippen LogP contribution >= 0.6 is 0 Å². The van der Waals surface area contributed by atoms with Gasteiger partial charge in [0.1, 0.15) is 11.5 Å². The van der Waals surface area contributed by atoms with Crippen LogP contribution in [0.2, 0.25) is 0 Å². The van der Waals surface area contributed by atoms with Crippen LogP contribution in [0.15, 0.2) is 36.4 Å². The molecular formula is C14H14FNO2. The van der Waals surface area contributed by atoms with Gasteiger partial charge in [0.25, 0.3) is 0 Å². The fourth-order valence-corrected chi connectivity index (χ4v) is 1.54. The van der Waals surface area contributed by atoms with Crippen molar-refractivity contribution in [3.63, 3.8) is 0 Å². The van der Waals surface area contributed by atoms with E-state index in [-0.39, 0.29) is 11.4 Å². The summed E-state index contributed by atoms with van der Waals surface area (Å²) in [5.41, 5.74) is 6.94. The predicted molar refractivity (Wildman–Crippen MR) is 68.6 cm³/mol. The lowest BCUT2D eigenvalue weighted by molar-refractivity contribution is 0.403. The van der Waals surface area contributed by atoms with Crippen LogP contribution in [0, 0.1) is 12.7 Å². The first-order valence-electron chi connectivity index (χ1n) is 5.47. The first kappa shape index (κ1) is 12.2. The first-order chi connectivity index (χ1) is 8.60. The monoisotopic (exact) mass is 247 g/mol. The number of ether oxygens (including phenoxy) is 2. The highest BCUT2D eigenvalue weighted by Crippen LogP contribution is 2.32. The summed E-state index contributed by atoms with van der Waals surface area (Å²) < 4.78 is 24.1. The second-order valence-corrected chi connectivity index (χ2v) is 3.94.